The van der Waals surface area contributed by atoms with Gasteiger partial charge in [0.1, 0.15) is 5.69 Å². The molecule has 1 aromatic rings. The Balaban J connectivity index is 1.75. The van der Waals surface area contributed by atoms with Gasteiger partial charge in [0.2, 0.25) is 0 Å². The Morgan fingerprint density at radius 2 is 2.21 bits per heavy atom. The maximum Gasteiger partial charge on any atom is 0.178 e. The predicted molar refractivity (Wildman–Crippen MR) is 75.7 cm³/mol. The van der Waals surface area contributed by atoms with E-state index in [0.29, 0.717) is 11.7 Å². The first kappa shape index (κ1) is 12.6. The Kier molecular flexibility index (Phi) is 3.51. The van der Waals surface area contributed by atoms with E-state index in [1.165, 1.54) is 25.8 Å². The third-order valence-corrected chi connectivity index (χ3v) is 4.31. The smallest absolute Gasteiger partial charge is 0.178 e. The van der Waals surface area contributed by atoms with Crippen molar-refractivity contribution < 1.29 is 4.79 Å². The van der Waals surface area contributed by atoms with E-state index in [-0.39, 0.29) is 5.78 Å². The van der Waals surface area contributed by atoms with Gasteiger partial charge in [-0.2, -0.15) is 0 Å². The van der Waals surface area contributed by atoms with Gasteiger partial charge in [-0.15, -0.1) is 0 Å². The molecule has 2 saturated heterocycles. The zero-order chi connectivity index (χ0) is 13.2. The molecule has 0 aliphatic carbocycles. The summed E-state index contributed by atoms with van der Waals surface area (Å²) < 4.78 is 0. The van der Waals surface area contributed by atoms with Gasteiger partial charge in [0.25, 0.3) is 0 Å². The second kappa shape index (κ2) is 5.29. The van der Waals surface area contributed by atoms with E-state index >= 15 is 0 Å². The molecule has 3 rings (SSSR count). The van der Waals surface area contributed by atoms with Crippen LogP contribution in [-0.4, -0.2) is 47.9 Å². The maximum atomic E-state index is 11.4. The number of piperazine rings is 1. The molecule has 0 bridgehead atoms. The van der Waals surface area contributed by atoms with Crippen LogP contribution < -0.4 is 4.90 Å². The summed E-state index contributed by atoms with van der Waals surface area (Å²) in [4.78, 5) is 20.6. The summed E-state index contributed by atoms with van der Waals surface area (Å²) in [5, 5.41) is 0. The number of fused-ring (bicyclic) bond motifs is 1. The molecular formula is C15H21N3O. The molecule has 4 nitrogen and oxygen atoms in total. The number of hydrogen-bond donors (Lipinski definition) is 0. The molecule has 4 heteroatoms. The van der Waals surface area contributed by atoms with Gasteiger partial charge >= 0.3 is 0 Å². The van der Waals surface area contributed by atoms with Gasteiger partial charge in [-0.25, -0.2) is 0 Å². The summed E-state index contributed by atoms with van der Waals surface area (Å²) in [6.45, 7) is 6.11. The zero-order valence-electron chi connectivity index (χ0n) is 11.5. The Morgan fingerprint density at radius 1 is 1.32 bits per heavy atom. The number of carbonyl (C=O) groups is 1. The number of carbonyl (C=O) groups excluding carboxylic acids is 1. The fourth-order valence-corrected chi connectivity index (χ4v) is 3.20. The number of nitrogens with zero attached hydrogens (tertiary/aromatic N) is 3. The first-order valence-electron chi connectivity index (χ1n) is 7.20. The summed E-state index contributed by atoms with van der Waals surface area (Å²) in [6.07, 6.45) is 5.75. The number of aromatic nitrogens is 1. The van der Waals surface area contributed by atoms with E-state index in [9.17, 15) is 4.79 Å². The summed E-state index contributed by atoms with van der Waals surface area (Å²) in [6, 6.07) is 4.64. The quantitative estimate of drug-likeness (QED) is 0.761. The lowest BCUT2D eigenvalue weighted by molar-refractivity contribution is 0.101. The highest BCUT2D eigenvalue weighted by atomic mass is 16.1. The van der Waals surface area contributed by atoms with Crippen LogP contribution in [0.5, 0.6) is 0 Å². The Labute approximate surface area is 114 Å². The molecule has 0 N–H and O–H groups in total. The molecule has 0 spiro atoms. The lowest BCUT2D eigenvalue weighted by Crippen LogP contribution is -2.54. The number of anilines is 1. The van der Waals surface area contributed by atoms with Crippen molar-refractivity contribution in [1.29, 1.82) is 0 Å². The highest BCUT2D eigenvalue weighted by molar-refractivity contribution is 5.92. The van der Waals surface area contributed by atoms with Crippen molar-refractivity contribution >= 4 is 11.5 Å². The fraction of sp³-hybridized carbons (Fsp3) is 0.600. The van der Waals surface area contributed by atoms with E-state index in [2.05, 4.69) is 14.8 Å². The van der Waals surface area contributed by atoms with Crippen LogP contribution in [0.3, 0.4) is 0 Å². The molecule has 3 heterocycles. The van der Waals surface area contributed by atoms with Crippen molar-refractivity contribution in [3.8, 4) is 0 Å². The summed E-state index contributed by atoms with van der Waals surface area (Å²) in [5.41, 5.74) is 1.72. The van der Waals surface area contributed by atoms with Crippen LogP contribution in [0.1, 0.15) is 36.7 Å². The van der Waals surface area contributed by atoms with Crippen molar-refractivity contribution in [2.24, 2.45) is 0 Å². The van der Waals surface area contributed by atoms with E-state index in [1.54, 1.807) is 13.1 Å². The minimum atomic E-state index is 0.0400. The van der Waals surface area contributed by atoms with Crippen molar-refractivity contribution in [2.45, 2.75) is 32.2 Å². The van der Waals surface area contributed by atoms with Gasteiger partial charge in [0, 0.05) is 44.5 Å². The molecule has 2 aliphatic rings. The van der Waals surface area contributed by atoms with E-state index in [1.807, 2.05) is 12.1 Å². The minimum absolute atomic E-state index is 0.0400. The standard InChI is InChI=1S/C15H21N3O/c1-12(19)15-10-13(5-6-16-15)18-9-8-17-7-3-2-4-14(17)11-18/h5-6,10,14H,2-4,7-9,11H2,1H3. The second-order valence-electron chi connectivity index (χ2n) is 5.59. The fourth-order valence-electron chi connectivity index (χ4n) is 3.20. The molecule has 102 valence electrons. The van der Waals surface area contributed by atoms with Crippen LogP contribution in [0.4, 0.5) is 5.69 Å². The molecule has 0 amide bonds. The van der Waals surface area contributed by atoms with E-state index in [4.69, 9.17) is 0 Å². The van der Waals surface area contributed by atoms with Gasteiger partial charge in [-0.05, 0) is 31.5 Å². The van der Waals surface area contributed by atoms with Crippen molar-refractivity contribution in [1.82, 2.24) is 9.88 Å². The molecule has 0 aromatic carbocycles. The Bertz CT molecular complexity index is 474. The van der Waals surface area contributed by atoms with Gasteiger partial charge in [0.05, 0.1) is 0 Å². The molecule has 1 aromatic heterocycles. The van der Waals surface area contributed by atoms with Gasteiger partial charge < -0.3 is 4.90 Å². The topological polar surface area (TPSA) is 36.4 Å². The number of pyridine rings is 1. The lowest BCUT2D eigenvalue weighted by Gasteiger charge is -2.44. The summed E-state index contributed by atoms with van der Waals surface area (Å²) >= 11 is 0. The highest BCUT2D eigenvalue weighted by Gasteiger charge is 2.29. The third-order valence-electron chi connectivity index (χ3n) is 4.31. The molecule has 2 aliphatic heterocycles. The van der Waals surface area contributed by atoms with Gasteiger partial charge in [-0.1, -0.05) is 6.42 Å². The van der Waals surface area contributed by atoms with Crippen molar-refractivity contribution in [3.05, 3.63) is 24.0 Å². The first-order valence-corrected chi connectivity index (χ1v) is 7.20. The highest BCUT2D eigenvalue weighted by Crippen LogP contribution is 2.25. The van der Waals surface area contributed by atoms with Gasteiger partial charge in [0.15, 0.2) is 5.78 Å². The average Bonchev–Trinajstić information content (AvgIpc) is 2.47. The van der Waals surface area contributed by atoms with Crippen LogP contribution >= 0.6 is 0 Å². The predicted octanol–water partition coefficient (Wildman–Crippen LogP) is 1.96. The molecular weight excluding hydrogens is 238 g/mol. The van der Waals surface area contributed by atoms with Crippen LogP contribution in [-0.2, 0) is 0 Å². The molecule has 19 heavy (non-hydrogen) atoms. The monoisotopic (exact) mass is 259 g/mol. The maximum absolute atomic E-state index is 11.4. The van der Waals surface area contributed by atoms with Crippen LogP contribution in [0, 0.1) is 0 Å². The number of Topliss-reactive ketones (excluding diaryl/α,β-unsaturated/α-hetero) is 1. The SMILES string of the molecule is CC(=O)c1cc(N2CCN3CCCCC3C2)ccn1. The minimum Gasteiger partial charge on any atom is -0.369 e. The number of rotatable bonds is 2. The van der Waals surface area contributed by atoms with Crippen LogP contribution in [0.25, 0.3) is 0 Å². The molecule has 0 saturated carbocycles. The van der Waals surface area contributed by atoms with Crippen molar-refractivity contribution in [3.63, 3.8) is 0 Å². The first-order chi connectivity index (χ1) is 9.24. The van der Waals surface area contributed by atoms with E-state index < -0.39 is 0 Å². The van der Waals surface area contributed by atoms with Crippen LogP contribution in [0.2, 0.25) is 0 Å². The summed E-state index contributed by atoms with van der Waals surface area (Å²) in [7, 11) is 0. The number of piperidine rings is 1. The van der Waals surface area contributed by atoms with Crippen LogP contribution in [0.15, 0.2) is 18.3 Å². The largest absolute Gasteiger partial charge is 0.369 e. The molecule has 2 fully saturated rings. The zero-order valence-corrected chi connectivity index (χ0v) is 11.5. The number of hydrogen-bond acceptors (Lipinski definition) is 4. The average molecular weight is 259 g/mol. The molecule has 0 radical (unpaired) electrons. The Morgan fingerprint density at radius 3 is 3.05 bits per heavy atom. The van der Waals surface area contributed by atoms with Gasteiger partial charge in [-0.3, -0.25) is 14.7 Å². The Hall–Kier alpha value is -1.42. The van der Waals surface area contributed by atoms with Crippen molar-refractivity contribution in [2.75, 3.05) is 31.1 Å². The third kappa shape index (κ3) is 2.63. The molecule has 1 atom stereocenters. The number of ketones is 1. The summed E-state index contributed by atoms with van der Waals surface area (Å²) in [5.74, 6) is 0.0400. The normalized spacial score (nSPS) is 24.1. The second-order valence-corrected chi connectivity index (χ2v) is 5.59. The molecule has 1 unspecified atom stereocenters. The van der Waals surface area contributed by atoms with E-state index in [0.717, 1.165) is 25.3 Å². The lowest BCUT2D eigenvalue weighted by atomic mass is 9.99.